The van der Waals surface area contributed by atoms with Gasteiger partial charge in [-0.2, -0.15) is 0 Å². The van der Waals surface area contributed by atoms with E-state index in [0.29, 0.717) is 5.92 Å². The molecule has 1 aliphatic heterocycles. The maximum atomic E-state index is 12.6. The van der Waals surface area contributed by atoms with Crippen LogP contribution in [0, 0.1) is 5.92 Å². The second kappa shape index (κ2) is 10.9. The molecule has 0 aliphatic carbocycles. The summed E-state index contributed by atoms with van der Waals surface area (Å²) in [6, 6.07) is 17.1. The molecule has 4 rings (SSSR count). The summed E-state index contributed by atoms with van der Waals surface area (Å²) < 4.78 is 0. The minimum atomic E-state index is 0.129. The van der Waals surface area contributed by atoms with Gasteiger partial charge in [0.25, 0.3) is 0 Å². The lowest BCUT2D eigenvalue weighted by Gasteiger charge is -2.30. The van der Waals surface area contributed by atoms with Crippen LogP contribution >= 0.6 is 0 Å². The molecule has 1 aromatic heterocycles. The molecule has 0 fully saturated rings. The van der Waals surface area contributed by atoms with Crippen molar-refractivity contribution in [1.29, 1.82) is 0 Å². The van der Waals surface area contributed by atoms with E-state index in [-0.39, 0.29) is 5.91 Å². The van der Waals surface area contributed by atoms with Gasteiger partial charge in [-0.3, -0.25) is 14.7 Å². The van der Waals surface area contributed by atoms with E-state index < -0.39 is 0 Å². The number of hydrogen-bond acceptors (Lipinski definition) is 3. The van der Waals surface area contributed by atoms with E-state index in [1.54, 1.807) is 6.92 Å². The van der Waals surface area contributed by atoms with Gasteiger partial charge < -0.3 is 4.90 Å². The standard InChI is InChI=1S/C29H37N3O/c1-22(2)20-31-15-9-5-4-6-10-16-32(23(3)33)29-14-13-24(17-27(29)21-31)26-18-25-11-7-8-12-28(25)30-19-26/h7-8,11-14,17-19,22H,4-6,9-10,15-16,20-21H2,1-3H3. The highest BCUT2D eigenvalue weighted by Crippen LogP contribution is 2.31. The zero-order valence-corrected chi connectivity index (χ0v) is 20.4. The van der Waals surface area contributed by atoms with Crippen molar-refractivity contribution < 1.29 is 4.79 Å². The quantitative estimate of drug-likeness (QED) is 0.453. The molecule has 0 atom stereocenters. The summed E-state index contributed by atoms with van der Waals surface area (Å²) in [5.41, 5.74) is 5.59. The second-order valence-corrected chi connectivity index (χ2v) is 9.83. The van der Waals surface area contributed by atoms with E-state index in [1.165, 1.54) is 31.2 Å². The number of amides is 1. The molecular formula is C29H37N3O. The highest BCUT2D eigenvalue weighted by Gasteiger charge is 2.19. The van der Waals surface area contributed by atoms with Crippen molar-refractivity contribution in [3.63, 3.8) is 0 Å². The first-order valence-electron chi connectivity index (χ1n) is 12.5. The average molecular weight is 444 g/mol. The van der Waals surface area contributed by atoms with Crippen LogP contribution < -0.4 is 4.90 Å². The molecule has 0 spiro atoms. The molecule has 2 aromatic carbocycles. The van der Waals surface area contributed by atoms with Crippen LogP contribution in [0.5, 0.6) is 0 Å². The minimum Gasteiger partial charge on any atom is -0.312 e. The number of hydrogen-bond donors (Lipinski definition) is 0. The topological polar surface area (TPSA) is 36.4 Å². The Morgan fingerprint density at radius 2 is 1.70 bits per heavy atom. The highest BCUT2D eigenvalue weighted by molar-refractivity contribution is 5.93. The van der Waals surface area contributed by atoms with Crippen LogP contribution in [0.4, 0.5) is 5.69 Å². The zero-order chi connectivity index (χ0) is 23.2. The summed E-state index contributed by atoms with van der Waals surface area (Å²) in [6.07, 6.45) is 7.97. The molecule has 0 unspecified atom stereocenters. The fraction of sp³-hybridized carbons (Fsp3) is 0.448. The van der Waals surface area contributed by atoms with Gasteiger partial charge in [-0.25, -0.2) is 0 Å². The van der Waals surface area contributed by atoms with E-state index >= 15 is 0 Å². The lowest BCUT2D eigenvalue weighted by atomic mass is 9.99. The molecule has 4 nitrogen and oxygen atoms in total. The summed E-state index contributed by atoms with van der Waals surface area (Å²) in [5, 5.41) is 1.15. The van der Waals surface area contributed by atoms with Gasteiger partial charge in [0.05, 0.1) is 5.52 Å². The maximum Gasteiger partial charge on any atom is 0.223 e. The van der Waals surface area contributed by atoms with E-state index in [2.05, 4.69) is 60.1 Å². The summed E-state index contributed by atoms with van der Waals surface area (Å²) in [5.74, 6) is 0.738. The molecule has 0 saturated carbocycles. The normalized spacial score (nSPS) is 16.3. The minimum absolute atomic E-state index is 0.129. The Hall–Kier alpha value is -2.72. The van der Waals surface area contributed by atoms with Crippen molar-refractivity contribution in [3.05, 3.63) is 60.3 Å². The van der Waals surface area contributed by atoms with Crippen molar-refractivity contribution in [2.75, 3.05) is 24.5 Å². The van der Waals surface area contributed by atoms with Crippen molar-refractivity contribution >= 4 is 22.5 Å². The first-order chi connectivity index (χ1) is 16.0. The molecule has 174 valence electrons. The van der Waals surface area contributed by atoms with Gasteiger partial charge in [0, 0.05) is 49.4 Å². The van der Waals surface area contributed by atoms with Gasteiger partial charge in [-0.05, 0) is 60.7 Å². The Balaban J connectivity index is 1.76. The van der Waals surface area contributed by atoms with Crippen LogP contribution in [0.2, 0.25) is 0 Å². The van der Waals surface area contributed by atoms with E-state index in [4.69, 9.17) is 0 Å². The molecule has 1 amide bonds. The summed E-state index contributed by atoms with van der Waals surface area (Å²) >= 11 is 0. The number of aromatic nitrogens is 1. The molecule has 4 heteroatoms. The third-order valence-electron chi connectivity index (χ3n) is 6.55. The number of para-hydroxylation sites is 1. The van der Waals surface area contributed by atoms with Gasteiger partial charge >= 0.3 is 0 Å². The predicted molar refractivity (Wildman–Crippen MR) is 138 cm³/mol. The first-order valence-corrected chi connectivity index (χ1v) is 12.5. The molecule has 0 bridgehead atoms. The lowest BCUT2D eigenvalue weighted by Crippen LogP contribution is -2.33. The van der Waals surface area contributed by atoms with Crippen LogP contribution in [0.15, 0.2) is 54.7 Å². The maximum absolute atomic E-state index is 12.6. The van der Waals surface area contributed by atoms with Crippen molar-refractivity contribution in [1.82, 2.24) is 9.88 Å². The second-order valence-electron chi connectivity index (χ2n) is 9.83. The van der Waals surface area contributed by atoms with Crippen LogP contribution in [-0.4, -0.2) is 35.4 Å². The summed E-state index contributed by atoms with van der Waals surface area (Å²) in [7, 11) is 0. The Morgan fingerprint density at radius 1 is 0.939 bits per heavy atom. The van der Waals surface area contributed by atoms with Gasteiger partial charge in [-0.15, -0.1) is 0 Å². The zero-order valence-electron chi connectivity index (χ0n) is 20.4. The number of nitrogens with zero attached hydrogens (tertiary/aromatic N) is 3. The molecule has 33 heavy (non-hydrogen) atoms. The fourth-order valence-electron chi connectivity index (χ4n) is 4.96. The van der Waals surface area contributed by atoms with Crippen LogP contribution in [-0.2, 0) is 11.3 Å². The first kappa shape index (κ1) is 23.4. The van der Waals surface area contributed by atoms with Crippen molar-refractivity contribution in [2.24, 2.45) is 5.92 Å². The Labute approximate surface area is 198 Å². The number of anilines is 1. The number of fused-ring (bicyclic) bond motifs is 2. The fourth-order valence-corrected chi connectivity index (χ4v) is 4.96. The third kappa shape index (κ3) is 6.00. The largest absolute Gasteiger partial charge is 0.312 e. The lowest BCUT2D eigenvalue weighted by molar-refractivity contribution is -0.116. The smallest absolute Gasteiger partial charge is 0.223 e. The van der Waals surface area contributed by atoms with Crippen molar-refractivity contribution in [3.8, 4) is 11.1 Å². The van der Waals surface area contributed by atoms with Crippen LogP contribution in [0.3, 0.4) is 0 Å². The molecular weight excluding hydrogens is 406 g/mol. The Bertz CT molecular complexity index is 1090. The predicted octanol–water partition coefficient (Wildman–Crippen LogP) is 6.68. The van der Waals surface area contributed by atoms with E-state index in [0.717, 1.165) is 60.3 Å². The summed E-state index contributed by atoms with van der Waals surface area (Å²) in [4.78, 5) is 21.9. The monoisotopic (exact) mass is 443 g/mol. The van der Waals surface area contributed by atoms with Gasteiger partial charge in [0.15, 0.2) is 0 Å². The number of carbonyl (C=O) groups excluding carboxylic acids is 1. The molecule has 0 radical (unpaired) electrons. The molecule has 1 aliphatic rings. The molecule has 0 saturated heterocycles. The van der Waals surface area contributed by atoms with Crippen molar-refractivity contribution in [2.45, 2.75) is 59.4 Å². The third-order valence-corrected chi connectivity index (χ3v) is 6.55. The molecule has 3 aromatic rings. The Morgan fingerprint density at radius 3 is 2.48 bits per heavy atom. The Kier molecular flexibility index (Phi) is 7.77. The van der Waals surface area contributed by atoms with Crippen LogP contribution in [0.25, 0.3) is 22.0 Å². The van der Waals surface area contributed by atoms with Gasteiger partial charge in [0.1, 0.15) is 0 Å². The SMILES string of the molecule is CC(=O)N1CCCCCCCN(CC(C)C)Cc2cc(-c3cnc4ccccc4c3)ccc21. The summed E-state index contributed by atoms with van der Waals surface area (Å²) in [6.45, 7) is 10.1. The number of rotatable bonds is 3. The highest BCUT2D eigenvalue weighted by atomic mass is 16.2. The number of carbonyl (C=O) groups is 1. The average Bonchev–Trinajstić information content (AvgIpc) is 2.79. The van der Waals surface area contributed by atoms with E-state index in [9.17, 15) is 4.79 Å². The van der Waals surface area contributed by atoms with Gasteiger partial charge in [-0.1, -0.05) is 57.4 Å². The van der Waals surface area contributed by atoms with Crippen LogP contribution in [0.1, 0.15) is 58.4 Å². The van der Waals surface area contributed by atoms with Gasteiger partial charge in [0.2, 0.25) is 5.91 Å². The van der Waals surface area contributed by atoms with E-state index in [1.807, 2.05) is 23.2 Å². The molecule has 2 heterocycles. The molecule has 0 N–H and O–H groups in total. The number of pyridine rings is 1. The number of benzene rings is 2.